The van der Waals surface area contributed by atoms with E-state index in [4.69, 9.17) is 13.8 Å². The molecule has 0 saturated heterocycles. The van der Waals surface area contributed by atoms with Crippen LogP contribution in [0.5, 0.6) is 0 Å². The summed E-state index contributed by atoms with van der Waals surface area (Å²) in [5, 5.41) is 6.64. The van der Waals surface area contributed by atoms with Crippen LogP contribution in [0.4, 0.5) is 17.1 Å². The van der Waals surface area contributed by atoms with Gasteiger partial charge < -0.3 is 13.7 Å². The number of rotatable bonds is 6. The molecular weight excluding hydrogens is 673 g/mol. The highest BCUT2D eigenvalue weighted by atomic mass is 16.3. The number of oxazole rings is 1. The Bertz CT molecular complexity index is 3210. The molecule has 0 radical (unpaired) electrons. The molecule has 0 aliphatic carbocycles. The lowest BCUT2D eigenvalue weighted by atomic mass is 9.98. The Morgan fingerprint density at radius 3 is 1.93 bits per heavy atom. The van der Waals surface area contributed by atoms with Gasteiger partial charge in [-0.25, -0.2) is 4.98 Å². The molecule has 11 aromatic rings. The van der Waals surface area contributed by atoms with Crippen molar-refractivity contribution < 1.29 is 8.83 Å². The first-order valence-corrected chi connectivity index (χ1v) is 18.5. The van der Waals surface area contributed by atoms with Gasteiger partial charge in [-0.2, -0.15) is 0 Å². The van der Waals surface area contributed by atoms with E-state index in [2.05, 4.69) is 169 Å². The summed E-state index contributed by atoms with van der Waals surface area (Å²) in [6.07, 6.45) is 0. The molecule has 2 heterocycles. The second kappa shape index (κ2) is 12.6. The molecule has 0 saturated carbocycles. The normalized spacial score (nSPS) is 11.6. The first-order chi connectivity index (χ1) is 27.2. The van der Waals surface area contributed by atoms with E-state index in [0.717, 1.165) is 72.0 Å². The molecule has 0 unspecified atom stereocenters. The third kappa shape index (κ3) is 5.26. The lowest BCUT2D eigenvalue weighted by Gasteiger charge is -2.26. The largest absolute Gasteiger partial charge is 0.456 e. The van der Waals surface area contributed by atoms with Crippen molar-refractivity contribution in [3.05, 3.63) is 194 Å². The number of hydrogen-bond donors (Lipinski definition) is 0. The molecule has 0 aliphatic rings. The third-order valence-corrected chi connectivity index (χ3v) is 10.7. The molecule has 0 bridgehead atoms. The smallest absolute Gasteiger partial charge is 0.228 e. The minimum absolute atomic E-state index is 0.578. The summed E-state index contributed by atoms with van der Waals surface area (Å²) in [7, 11) is 0. The van der Waals surface area contributed by atoms with Crippen molar-refractivity contribution in [3.8, 4) is 33.7 Å². The van der Waals surface area contributed by atoms with Crippen LogP contribution in [0.3, 0.4) is 0 Å². The zero-order valence-electron chi connectivity index (χ0n) is 29.7. The van der Waals surface area contributed by atoms with Gasteiger partial charge in [-0.1, -0.05) is 133 Å². The molecule has 55 heavy (non-hydrogen) atoms. The fraction of sp³-hybridized carbons (Fsp3) is 0. The lowest BCUT2D eigenvalue weighted by molar-refractivity contribution is 0.623. The van der Waals surface area contributed by atoms with Crippen molar-refractivity contribution in [2.75, 3.05) is 4.90 Å². The van der Waals surface area contributed by atoms with Crippen LogP contribution in [0, 0.1) is 0 Å². The maximum Gasteiger partial charge on any atom is 0.228 e. The van der Waals surface area contributed by atoms with Gasteiger partial charge in [0, 0.05) is 44.9 Å². The summed E-state index contributed by atoms with van der Waals surface area (Å²) in [6, 6.07) is 68.1. The first-order valence-electron chi connectivity index (χ1n) is 18.5. The number of hydrogen-bond acceptors (Lipinski definition) is 4. The predicted molar refractivity (Wildman–Crippen MR) is 227 cm³/mol. The van der Waals surface area contributed by atoms with Crippen LogP contribution < -0.4 is 4.90 Å². The Balaban J connectivity index is 1.05. The summed E-state index contributed by atoms with van der Waals surface area (Å²) >= 11 is 0. The molecule has 258 valence electrons. The summed E-state index contributed by atoms with van der Waals surface area (Å²) < 4.78 is 13.2. The quantitative estimate of drug-likeness (QED) is 0.173. The molecule has 2 aromatic heterocycles. The van der Waals surface area contributed by atoms with Crippen molar-refractivity contribution in [1.82, 2.24) is 4.98 Å². The second-order valence-corrected chi connectivity index (χ2v) is 13.9. The van der Waals surface area contributed by atoms with Crippen molar-refractivity contribution in [2.24, 2.45) is 0 Å². The van der Waals surface area contributed by atoms with E-state index < -0.39 is 0 Å². The fourth-order valence-corrected chi connectivity index (χ4v) is 8.07. The van der Waals surface area contributed by atoms with E-state index in [1.165, 1.54) is 27.5 Å². The van der Waals surface area contributed by atoms with Gasteiger partial charge >= 0.3 is 0 Å². The molecule has 0 atom stereocenters. The van der Waals surface area contributed by atoms with Gasteiger partial charge in [0.05, 0.1) is 0 Å². The Labute approximate surface area is 317 Å². The van der Waals surface area contributed by atoms with E-state index in [9.17, 15) is 0 Å². The minimum atomic E-state index is 0.578. The molecule has 9 aromatic carbocycles. The van der Waals surface area contributed by atoms with Gasteiger partial charge in [0.15, 0.2) is 5.58 Å². The number of aromatic nitrogens is 1. The van der Waals surface area contributed by atoms with Gasteiger partial charge in [0.2, 0.25) is 5.89 Å². The number of fused-ring (bicyclic) bond motifs is 7. The average molecular weight is 705 g/mol. The Morgan fingerprint density at radius 1 is 0.382 bits per heavy atom. The monoisotopic (exact) mass is 704 g/mol. The highest BCUT2D eigenvalue weighted by Crippen LogP contribution is 2.43. The Hall–Kier alpha value is -7.43. The molecular formula is C51H32N2O2. The van der Waals surface area contributed by atoms with E-state index in [1.807, 2.05) is 30.3 Å². The molecule has 0 amide bonds. The van der Waals surface area contributed by atoms with Crippen molar-refractivity contribution >= 4 is 71.6 Å². The van der Waals surface area contributed by atoms with Crippen molar-refractivity contribution in [1.29, 1.82) is 0 Å². The second-order valence-electron chi connectivity index (χ2n) is 13.9. The van der Waals surface area contributed by atoms with Crippen molar-refractivity contribution in [2.45, 2.75) is 0 Å². The Morgan fingerprint density at radius 2 is 1.05 bits per heavy atom. The van der Waals surface area contributed by atoms with E-state index in [1.54, 1.807) is 0 Å². The van der Waals surface area contributed by atoms with E-state index in [0.29, 0.717) is 5.89 Å². The third-order valence-electron chi connectivity index (χ3n) is 10.7. The molecule has 11 rings (SSSR count). The van der Waals surface area contributed by atoms with Gasteiger partial charge in [-0.3, -0.25) is 0 Å². The van der Waals surface area contributed by atoms with Gasteiger partial charge in [-0.05, 0) is 93.0 Å². The summed E-state index contributed by atoms with van der Waals surface area (Å²) in [5.41, 5.74) is 11.9. The highest BCUT2D eigenvalue weighted by Gasteiger charge is 2.20. The molecule has 4 heteroatoms. The first kappa shape index (κ1) is 31.1. The lowest BCUT2D eigenvalue weighted by Crippen LogP contribution is -2.10. The van der Waals surface area contributed by atoms with E-state index >= 15 is 0 Å². The number of furan rings is 1. The summed E-state index contributed by atoms with van der Waals surface area (Å²) in [6.45, 7) is 0. The minimum Gasteiger partial charge on any atom is -0.456 e. The number of anilines is 3. The van der Waals surface area contributed by atoms with Gasteiger partial charge in [-0.15, -0.1) is 0 Å². The molecule has 0 aliphatic heterocycles. The maximum absolute atomic E-state index is 6.64. The van der Waals surface area contributed by atoms with Crippen LogP contribution in [0.2, 0.25) is 0 Å². The molecule has 0 spiro atoms. The Kier molecular flexibility index (Phi) is 7.14. The van der Waals surface area contributed by atoms with Gasteiger partial charge in [0.1, 0.15) is 16.7 Å². The van der Waals surface area contributed by atoms with Crippen LogP contribution in [0.15, 0.2) is 203 Å². The van der Waals surface area contributed by atoms with Crippen LogP contribution in [-0.4, -0.2) is 4.98 Å². The van der Waals surface area contributed by atoms with Crippen LogP contribution in [0.1, 0.15) is 0 Å². The molecule has 0 N–H and O–H groups in total. The van der Waals surface area contributed by atoms with Gasteiger partial charge in [0.25, 0.3) is 0 Å². The molecule has 4 nitrogen and oxygen atoms in total. The molecule has 0 fully saturated rings. The number of nitrogens with zero attached hydrogens (tertiary/aromatic N) is 2. The number of benzene rings is 9. The topological polar surface area (TPSA) is 42.4 Å². The fourth-order valence-electron chi connectivity index (χ4n) is 8.07. The highest BCUT2D eigenvalue weighted by molar-refractivity contribution is 6.13. The standard InChI is InChI=1S/C51H32N2O2/c1-2-11-33(12-3-1)37-16-8-17-39(31-37)53(38-26-23-36(24-27-38)42-20-9-15-34-13-4-6-18-41(34)42)40-28-29-44-48(32-40)54-47-22-10-21-45(49(44)47)51-52-46-30-25-35-14-5-7-19-43(35)50(46)55-51/h1-32H. The SMILES string of the molecule is c1ccc(-c2cccc(N(c3ccc(-c4cccc5ccccc45)cc3)c3ccc4c(c3)oc3cccc(-c5nc6ccc7ccccc7c6o5)c34)c2)cc1. The maximum atomic E-state index is 6.64. The zero-order chi connectivity index (χ0) is 36.3. The summed E-state index contributed by atoms with van der Waals surface area (Å²) in [5.74, 6) is 0.578. The van der Waals surface area contributed by atoms with Crippen LogP contribution in [0.25, 0.3) is 88.3 Å². The van der Waals surface area contributed by atoms with Crippen LogP contribution >= 0.6 is 0 Å². The summed E-state index contributed by atoms with van der Waals surface area (Å²) in [4.78, 5) is 7.26. The zero-order valence-corrected chi connectivity index (χ0v) is 29.7. The predicted octanol–water partition coefficient (Wildman–Crippen LogP) is 14.5. The average Bonchev–Trinajstić information content (AvgIpc) is 3.86. The van der Waals surface area contributed by atoms with Crippen molar-refractivity contribution in [3.63, 3.8) is 0 Å². The van der Waals surface area contributed by atoms with E-state index in [-0.39, 0.29) is 0 Å². The van der Waals surface area contributed by atoms with Crippen LogP contribution in [-0.2, 0) is 0 Å².